The number of nitrogens with two attached hydrogens (primary N) is 2. The van der Waals surface area contributed by atoms with E-state index in [2.05, 4.69) is 0 Å². The second kappa shape index (κ2) is 7.95. The van der Waals surface area contributed by atoms with Crippen molar-refractivity contribution in [3.63, 3.8) is 0 Å². The fraction of sp³-hybridized carbons (Fsp3) is 0.700. The first-order valence-corrected chi connectivity index (χ1v) is 4.88. The van der Waals surface area contributed by atoms with Crippen LogP contribution in [0.5, 0.6) is 0 Å². The molecule has 0 bridgehead atoms. The summed E-state index contributed by atoms with van der Waals surface area (Å²) in [6.07, 6.45) is 6.91. The maximum atomic E-state index is 11.3. The Labute approximate surface area is 80.2 Å². The van der Waals surface area contributed by atoms with E-state index in [1.165, 1.54) is 0 Å². The van der Waals surface area contributed by atoms with Gasteiger partial charge in [0.25, 0.3) is 0 Å². The normalized spacial score (nSPS) is 13.5. The average molecular weight is 184 g/mol. The standard InChI is InChI=1S/C10H20N2O/c1-2-3-7-10(13)9(12)6-4-5-8-11/h3,7,9H,2,4-6,8,11-12H2,1H3/b7-3-/t9-/m0/s1. The number of hydrogen-bond acceptors (Lipinski definition) is 3. The van der Waals surface area contributed by atoms with Gasteiger partial charge in [-0.15, -0.1) is 0 Å². The van der Waals surface area contributed by atoms with E-state index in [1.54, 1.807) is 6.08 Å². The van der Waals surface area contributed by atoms with Crippen LogP contribution in [-0.4, -0.2) is 18.4 Å². The molecule has 4 N–H and O–H groups in total. The molecule has 1 atom stereocenters. The van der Waals surface area contributed by atoms with Crippen molar-refractivity contribution in [3.8, 4) is 0 Å². The van der Waals surface area contributed by atoms with Crippen molar-refractivity contribution in [3.05, 3.63) is 12.2 Å². The van der Waals surface area contributed by atoms with Gasteiger partial charge in [0, 0.05) is 0 Å². The summed E-state index contributed by atoms with van der Waals surface area (Å²) >= 11 is 0. The van der Waals surface area contributed by atoms with Crippen molar-refractivity contribution >= 4 is 5.78 Å². The number of allylic oxidation sites excluding steroid dienone is 1. The van der Waals surface area contributed by atoms with E-state index in [-0.39, 0.29) is 11.8 Å². The predicted molar refractivity (Wildman–Crippen MR) is 55.3 cm³/mol. The van der Waals surface area contributed by atoms with Gasteiger partial charge in [0.15, 0.2) is 5.78 Å². The smallest absolute Gasteiger partial charge is 0.172 e. The molecule has 0 heterocycles. The van der Waals surface area contributed by atoms with Crippen molar-refractivity contribution in [2.45, 2.75) is 38.6 Å². The molecule has 0 spiro atoms. The molecule has 0 saturated heterocycles. The van der Waals surface area contributed by atoms with Crippen LogP contribution >= 0.6 is 0 Å². The summed E-state index contributed by atoms with van der Waals surface area (Å²) in [4.78, 5) is 11.3. The zero-order valence-electron chi connectivity index (χ0n) is 8.33. The first-order valence-electron chi connectivity index (χ1n) is 4.88. The maximum absolute atomic E-state index is 11.3. The van der Waals surface area contributed by atoms with Crippen LogP contribution in [0, 0.1) is 0 Å². The van der Waals surface area contributed by atoms with E-state index in [1.807, 2.05) is 13.0 Å². The van der Waals surface area contributed by atoms with Gasteiger partial charge in [0.1, 0.15) is 0 Å². The van der Waals surface area contributed by atoms with Gasteiger partial charge >= 0.3 is 0 Å². The van der Waals surface area contributed by atoms with Gasteiger partial charge in [-0.3, -0.25) is 4.79 Å². The summed E-state index contributed by atoms with van der Waals surface area (Å²) in [6.45, 7) is 2.66. The second-order valence-corrected chi connectivity index (χ2v) is 3.10. The average Bonchev–Trinajstić information content (AvgIpc) is 2.14. The molecule has 3 nitrogen and oxygen atoms in total. The third-order valence-electron chi connectivity index (χ3n) is 1.85. The lowest BCUT2D eigenvalue weighted by atomic mass is 10.1. The molecule has 0 fully saturated rings. The van der Waals surface area contributed by atoms with Crippen LogP contribution in [0.15, 0.2) is 12.2 Å². The molecule has 0 unspecified atom stereocenters. The topological polar surface area (TPSA) is 69.1 Å². The highest BCUT2D eigenvalue weighted by atomic mass is 16.1. The third kappa shape index (κ3) is 6.49. The van der Waals surface area contributed by atoms with Crippen LogP contribution in [0.3, 0.4) is 0 Å². The van der Waals surface area contributed by atoms with Crippen LogP contribution in [0.4, 0.5) is 0 Å². The Balaban J connectivity index is 3.63. The molecule has 0 rings (SSSR count). The molecule has 0 radical (unpaired) electrons. The van der Waals surface area contributed by atoms with Crippen LogP contribution < -0.4 is 11.5 Å². The summed E-state index contributed by atoms with van der Waals surface area (Å²) in [6, 6.07) is -0.339. The first kappa shape index (κ1) is 12.3. The summed E-state index contributed by atoms with van der Waals surface area (Å²) in [5.74, 6) is 0.0267. The number of hydrogen-bond donors (Lipinski definition) is 2. The Bertz CT molecular complexity index is 166. The Morgan fingerprint density at radius 1 is 1.46 bits per heavy atom. The molecule has 76 valence electrons. The Morgan fingerprint density at radius 2 is 2.15 bits per heavy atom. The lowest BCUT2D eigenvalue weighted by Crippen LogP contribution is -2.28. The minimum atomic E-state index is -0.339. The molecule has 0 saturated carbocycles. The minimum absolute atomic E-state index is 0.0267. The number of rotatable bonds is 7. The van der Waals surface area contributed by atoms with Crippen LogP contribution in [0.1, 0.15) is 32.6 Å². The van der Waals surface area contributed by atoms with Crippen LogP contribution in [-0.2, 0) is 4.79 Å². The largest absolute Gasteiger partial charge is 0.330 e. The van der Waals surface area contributed by atoms with Crippen molar-refractivity contribution in [1.29, 1.82) is 0 Å². The monoisotopic (exact) mass is 184 g/mol. The molecule has 0 aliphatic rings. The maximum Gasteiger partial charge on any atom is 0.172 e. The van der Waals surface area contributed by atoms with Gasteiger partial charge < -0.3 is 11.5 Å². The van der Waals surface area contributed by atoms with E-state index in [9.17, 15) is 4.79 Å². The number of ketones is 1. The molecule has 0 aliphatic carbocycles. The van der Waals surface area contributed by atoms with E-state index >= 15 is 0 Å². The lowest BCUT2D eigenvalue weighted by molar-refractivity contribution is -0.115. The highest BCUT2D eigenvalue weighted by Crippen LogP contribution is 1.99. The van der Waals surface area contributed by atoms with Crippen molar-refractivity contribution in [2.75, 3.05) is 6.54 Å². The molecule has 0 aromatic heterocycles. The van der Waals surface area contributed by atoms with Gasteiger partial charge in [-0.05, 0) is 31.9 Å². The molecule has 0 aromatic carbocycles. The van der Waals surface area contributed by atoms with E-state index in [0.29, 0.717) is 6.54 Å². The van der Waals surface area contributed by atoms with Gasteiger partial charge in [0.05, 0.1) is 6.04 Å². The molecule has 0 aromatic rings. The fourth-order valence-corrected chi connectivity index (χ4v) is 1.01. The van der Waals surface area contributed by atoms with E-state index in [4.69, 9.17) is 11.5 Å². The van der Waals surface area contributed by atoms with Gasteiger partial charge in [-0.2, -0.15) is 0 Å². The lowest BCUT2D eigenvalue weighted by Gasteiger charge is -2.06. The molecular formula is C10H20N2O. The SMILES string of the molecule is CC/C=C\C(=O)[C@@H](N)CCCCN. The highest BCUT2D eigenvalue weighted by molar-refractivity contribution is 5.93. The zero-order chi connectivity index (χ0) is 10.1. The van der Waals surface area contributed by atoms with Crippen molar-refractivity contribution < 1.29 is 4.79 Å². The first-order chi connectivity index (χ1) is 6.22. The highest BCUT2D eigenvalue weighted by Gasteiger charge is 2.08. The third-order valence-corrected chi connectivity index (χ3v) is 1.85. The fourth-order valence-electron chi connectivity index (χ4n) is 1.01. The quantitative estimate of drug-likeness (QED) is 0.457. The predicted octanol–water partition coefficient (Wildman–Crippen LogP) is 0.978. The van der Waals surface area contributed by atoms with Gasteiger partial charge in [-0.25, -0.2) is 0 Å². The summed E-state index contributed by atoms with van der Waals surface area (Å²) < 4.78 is 0. The van der Waals surface area contributed by atoms with E-state index in [0.717, 1.165) is 25.7 Å². The Morgan fingerprint density at radius 3 is 2.69 bits per heavy atom. The zero-order valence-corrected chi connectivity index (χ0v) is 8.33. The summed E-state index contributed by atoms with van der Waals surface area (Å²) in [5, 5.41) is 0. The van der Waals surface area contributed by atoms with Crippen molar-refractivity contribution in [1.82, 2.24) is 0 Å². The molecule has 13 heavy (non-hydrogen) atoms. The number of carbonyl (C=O) groups is 1. The van der Waals surface area contributed by atoms with Crippen LogP contribution in [0.25, 0.3) is 0 Å². The van der Waals surface area contributed by atoms with Crippen LogP contribution in [0.2, 0.25) is 0 Å². The summed E-state index contributed by atoms with van der Waals surface area (Å²) in [7, 11) is 0. The van der Waals surface area contributed by atoms with E-state index < -0.39 is 0 Å². The minimum Gasteiger partial charge on any atom is -0.330 e. The second-order valence-electron chi connectivity index (χ2n) is 3.10. The number of unbranched alkanes of at least 4 members (excludes halogenated alkanes) is 1. The van der Waals surface area contributed by atoms with Gasteiger partial charge in [0.2, 0.25) is 0 Å². The van der Waals surface area contributed by atoms with Crippen molar-refractivity contribution in [2.24, 2.45) is 11.5 Å². The molecule has 3 heteroatoms. The molecule has 0 amide bonds. The van der Waals surface area contributed by atoms with Gasteiger partial charge in [-0.1, -0.05) is 19.4 Å². The molecule has 0 aliphatic heterocycles. The Hall–Kier alpha value is -0.670. The molecular weight excluding hydrogens is 164 g/mol. The summed E-state index contributed by atoms with van der Waals surface area (Å²) in [5.41, 5.74) is 11.0. The number of carbonyl (C=O) groups excluding carboxylic acids is 1. The Kier molecular flexibility index (Phi) is 7.54.